The minimum absolute atomic E-state index is 0.218. The molecule has 1 atom stereocenters. The number of aromatic nitrogens is 4. The Hall–Kier alpha value is -2.61. The Morgan fingerprint density at radius 1 is 1.22 bits per heavy atom. The molecule has 1 aromatic carbocycles. The third-order valence-electron chi connectivity index (χ3n) is 3.61. The second-order valence-electron chi connectivity index (χ2n) is 4.97. The Labute approximate surface area is 140 Å². The predicted molar refractivity (Wildman–Crippen MR) is 87.0 cm³/mol. The second-order valence-corrected chi connectivity index (χ2v) is 5.75. The van der Waals surface area contributed by atoms with Crippen LogP contribution in [-0.4, -0.2) is 27.3 Å². The molecule has 1 aliphatic rings. The summed E-state index contributed by atoms with van der Waals surface area (Å²) in [5.74, 6) is 2.12. The van der Waals surface area contributed by atoms with Crippen molar-refractivity contribution in [1.82, 2.24) is 20.2 Å². The van der Waals surface area contributed by atoms with E-state index in [0.29, 0.717) is 10.6 Å². The molecule has 0 radical (unpaired) electrons. The molecule has 3 heterocycles. The number of ether oxygens (including phenoxy) is 1. The van der Waals surface area contributed by atoms with E-state index in [-0.39, 0.29) is 6.04 Å². The number of halogens is 1. The number of hydrogen-bond acceptors (Lipinski definition) is 6. The fraction of sp³-hybridized carbons (Fsp3) is 0.133. The van der Waals surface area contributed by atoms with Crippen molar-refractivity contribution >= 4 is 27.6 Å². The highest BCUT2D eigenvalue weighted by atomic mass is 79.9. The lowest BCUT2D eigenvalue weighted by Gasteiger charge is -2.21. The first-order valence-corrected chi connectivity index (χ1v) is 7.70. The molecule has 1 N–H and O–H groups in total. The lowest BCUT2D eigenvalue weighted by molar-refractivity contribution is 0.414. The first kappa shape index (κ1) is 14.0. The topological polar surface area (TPSA) is 78.0 Å². The number of tetrazole rings is 1. The highest BCUT2D eigenvalue weighted by Gasteiger charge is 2.26. The maximum atomic E-state index is 5.68. The van der Waals surface area contributed by atoms with Crippen molar-refractivity contribution in [3.63, 3.8) is 0 Å². The van der Waals surface area contributed by atoms with Crippen molar-refractivity contribution in [2.24, 2.45) is 0 Å². The van der Waals surface area contributed by atoms with Gasteiger partial charge in [-0.2, -0.15) is 4.68 Å². The monoisotopic (exact) mass is 373 g/mol. The summed E-state index contributed by atoms with van der Waals surface area (Å²) < 4.78 is 13.2. The molecule has 0 saturated carbocycles. The van der Waals surface area contributed by atoms with Crippen LogP contribution in [0.5, 0.6) is 5.75 Å². The van der Waals surface area contributed by atoms with Gasteiger partial charge in [0.1, 0.15) is 17.6 Å². The van der Waals surface area contributed by atoms with Gasteiger partial charge in [0, 0.05) is 5.70 Å². The summed E-state index contributed by atoms with van der Waals surface area (Å²) in [5.41, 5.74) is 1.92. The normalized spacial score (nSPS) is 16.4. The smallest absolute Gasteiger partial charge is 0.248 e. The highest BCUT2D eigenvalue weighted by Crippen LogP contribution is 2.33. The number of furan rings is 1. The maximum absolute atomic E-state index is 5.68. The number of allylic oxidation sites excluding steroid dienone is 1. The van der Waals surface area contributed by atoms with Crippen molar-refractivity contribution in [2.45, 2.75) is 6.04 Å². The molecule has 0 fully saturated rings. The van der Waals surface area contributed by atoms with Gasteiger partial charge in [-0.15, -0.1) is 0 Å². The number of anilines is 1. The Kier molecular flexibility index (Phi) is 3.38. The summed E-state index contributed by atoms with van der Waals surface area (Å²) in [7, 11) is 1.64. The molecule has 4 rings (SSSR count). The van der Waals surface area contributed by atoms with E-state index in [1.807, 2.05) is 42.5 Å². The van der Waals surface area contributed by atoms with Gasteiger partial charge in [-0.25, -0.2) is 0 Å². The van der Waals surface area contributed by atoms with Crippen LogP contribution in [0.3, 0.4) is 0 Å². The quantitative estimate of drug-likeness (QED) is 0.759. The number of hydrogen-bond donors (Lipinski definition) is 1. The van der Waals surface area contributed by atoms with Crippen LogP contribution < -0.4 is 10.1 Å². The summed E-state index contributed by atoms with van der Waals surface area (Å²) in [6.45, 7) is 0. The van der Waals surface area contributed by atoms with Gasteiger partial charge < -0.3 is 14.5 Å². The lowest BCUT2D eigenvalue weighted by atomic mass is 10.1. The predicted octanol–water partition coefficient (Wildman–Crippen LogP) is 3.09. The van der Waals surface area contributed by atoms with Gasteiger partial charge >= 0.3 is 0 Å². The van der Waals surface area contributed by atoms with Crippen LogP contribution in [0.25, 0.3) is 5.70 Å². The highest BCUT2D eigenvalue weighted by molar-refractivity contribution is 9.10. The van der Waals surface area contributed by atoms with E-state index in [1.54, 1.807) is 11.8 Å². The van der Waals surface area contributed by atoms with Crippen molar-refractivity contribution in [3.8, 4) is 5.75 Å². The van der Waals surface area contributed by atoms with Crippen LogP contribution in [0.4, 0.5) is 5.95 Å². The number of benzene rings is 1. The van der Waals surface area contributed by atoms with E-state index in [4.69, 9.17) is 9.15 Å². The van der Waals surface area contributed by atoms with Crippen LogP contribution in [0.1, 0.15) is 17.4 Å². The average molecular weight is 374 g/mol. The van der Waals surface area contributed by atoms with E-state index < -0.39 is 0 Å². The molecule has 116 valence electrons. The molecule has 3 aromatic rings. The van der Waals surface area contributed by atoms with E-state index in [0.717, 1.165) is 22.8 Å². The van der Waals surface area contributed by atoms with Gasteiger partial charge in [-0.05, 0) is 74.4 Å². The molecule has 8 heteroatoms. The fourth-order valence-electron chi connectivity index (χ4n) is 2.48. The van der Waals surface area contributed by atoms with Crippen molar-refractivity contribution in [3.05, 3.63) is 58.5 Å². The number of nitrogens with one attached hydrogen (secondary N) is 1. The zero-order valence-corrected chi connectivity index (χ0v) is 13.7. The van der Waals surface area contributed by atoms with Crippen molar-refractivity contribution < 1.29 is 9.15 Å². The molecule has 1 aliphatic heterocycles. The number of rotatable bonds is 3. The van der Waals surface area contributed by atoms with Gasteiger partial charge in [0.2, 0.25) is 5.95 Å². The SMILES string of the molecule is COc1ccc(C2=CC(c3ccc(Br)o3)n3nnnc3N2)cc1. The average Bonchev–Trinajstić information content (AvgIpc) is 3.22. The first-order chi connectivity index (χ1) is 11.2. The molecule has 0 spiro atoms. The summed E-state index contributed by atoms with van der Waals surface area (Å²) in [6.07, 6.45) is 2.02. The van der Waals surface area contributed by atoms with Crippen molar-refractivity contribution in [1.29, 1.82) is 0 Å². The van der Waals surface area contributed by atoms with E-state index in [9.17, 15) is 0 Å². The molecule has 0 bridgehead atoms. The summed E-state index contributed by atoms with van der Waals surface area (Å²) in [5, 5.41) is 15.0. The summed E-state index contributed by atoms with van der Waals surface area (Å²) in [4.78, 5) is 0. The van der Waals surface area contributed by atoms with E-state index >= 15 is 0 Å². The Balaban J connectivity index is 1.76. The molecule has 0 saturated heterocycles. The lowest BCUT2D eigenvalue weighted by Crippen LogP contribution is -2.19. The zero-order chi connectivity index (χ0) is 15.8. The molecule has 1 unspecified atom stereocenters. The third kappa shape index (κ3) is 2.50. The second kappa shape index (κ2) is 5.54. The minimum atomic E-state index is -0.218. The molecule has 2 aromatic heterocycles. The molecule has 0 aliphatic carbocycles. The Bertz CT molecular complexity index is 868. The Morgan fingerprint density at radius 3 is 2.74 bits per heavy atom. The van der Waals surface area contributed by atoms with Crippen LogP contribution in [0, 0.1) is 0 Å². The van der Waals surface area contributed by atoms with E-state index in [1.165, 1.54) is 0 Å². The molecule has 7 nitrogen and oxygen atoms in total. The number of nitrogens with zero attached hydrogens (tertiary/aromatic N) is 4. The van der Waals surface area contributed by atoms with Crippen LogP contribution in [-0.2, 0) is 0 Å². The van der Waals surface area contributed by atoms with Crippen LogP contribution >= 0.6 is 15.9 Å². The van der Waals surface area contributed by atoms with Crippen LogP contribution in [0.15, 0.2) is 51.6 Å². The van der Waals surface area contributed by atoms with Gasteiger partial charge in [0.05, 0.1) is 7.11 Å². The number of methoxy groups -OCH3 is 1. The summed E-state index contributed by atoms with van der Waals surface area (Å²) >= 11 is 3.33. The van der Waals surface area contributed by atoms with Crippen molar-refractivity contribution in [2.75, 3.05) is 12.4 Å². The fourth-order valence-corrected chi connectivity index (χ4v) is 2.80. The van der Waals surface area contributed by atoms with Gasteiger partial charge in [0.15, 0.2) is 4.67 Å². The van der Waals surface area contributed by atoms with Gasteiger partial charge in [-0.3, -0.25) is 0 Å². The Morgan fingerprint density at radius 2 is 2.04 bits per heavy atom. The van der Waals surface area contributed by atoms with Crippen LogP contribution in [0.2, 0.25) is 0 Å². The van der Waals surface area contributed by atoms with Gasteiger partial charge in [-0.1, -0.05) is 5.10 Å². The molecular formula is C15H12BrN5O2. The molecule has 23 heavy (non-hydrogen) atoms. The standard InChI is InChI=1S/C15H12BrN5O2/c1-22-10-4-2-9(3-5-10)11-8-12(13-6-7-14(16)23-13)21-15(17-11)18-19-20-21/h2-8,12H,1H3,(H,17,18,20). The molecule has 0 amide bonds. The summed E-state index contributed by atoms with van der Waals surface area (Å²) in [6, 6.07) is 11.3. The minimum Gasteiger partial charge on any atom is -0.497 e. The largest absolute Gasteiger partial charge is 0.497 e. The maximum Gasteiger partial charge on any atom is 0.248 e. The zero-order valence-electron chi connectivity index (χ0n) is 12.1. The van der Waals surface area contributed by atoms with E-state index in [2.05, 4.69) is 36.8 Å². The number of fused-ring (bicyclic) bond motifs is 1. The third-order valence-corrected chi connectivity index (χ3v) is 4.04. The van der Waals surface area contributed by atoms with Gasteiger partial charge in [0.25, 0.3) is 0 Å². The molecular weight excluding hydrogens is 362 g/mol. The first-order valence-electron chi connectivity index (χ1n) is 6.91.